The quantitative estimate of drug-likeness (QED) is 0.225. The van der Waals surface area contributed by atoms with Crippen LogP contribution >= 0.6 is 0 Å². The van der Waals surface area contributed by atoms with Crippen LogP contribution in [-0.4, -0.2) is 62.9 Å². The summed E-state index contributed by atoms with van der Waals surface area (Å²) in [5.41, 5.74) is 6.60. The largest absolute Gasteiger partial charge is 0.480 e. The molecule has 192 valence electrons. The molecule has 0 bridgehead atoms. The number of hydrogen-bond acceptors (Lipinski definition) is 6. The molecular weight excluding hydrogens is 440 g/mol. The molecule has 0 aliphatic carbocycles. The molecule has 34 heavy (non-hydrogen) atoms. The lowest BCUT2D eigenvalue weighted by atomic mass is 9.97. The van der Waals surface area contributed by atoms with E-state index in [0.717, 1.165) is 0 Å². The van der Waals surface area contributed by atoms with Crippen LogP contribution in [0.15, 0.2) is 12.5 Å². The highest BCUT2D eigenvalue weighted by Crippen LogP contribution is 2.11. The molecule has 0 spiro atoms. The average Bonchev–Trinajstić information content (AvgIpc) is 3.26. The average molecular weight is 481 g/mol. The van der Waals surface area contributed by atoms with Gasteiger partial charge in [0.15, 0.2) is 0 Å². The van der Waals surface area contributed by atoms with Gasteiger partial charge in [-0.15, -0.1) is 0 Å². The molecule has 11 nitrogen and oxygen atoms in total. The van der Waals surface area contributed by atoms with Crippen molar-refractivity contribution in [3.63, 3.8) is 0 Å². The number of nitrogens with two attached hydrogens (primary N) is 1. The zero-order valence-electron chi connectivity index (χ0n) is 20.9. The van der Waals surface area contributed by atoms with E-state index in [1.807, 2.05) is 20.8 Å². The fourth-order valence-corrected chi connectivity index (χ4v) is 3.43. The Morgan fingerprint density at radius 1 is 1.00 bits per heavy atom. The van der Waals surface area contributed by atoms with Crippen LogP contribution in [0.3, 0.4) is 0 Å². The van der Waals surface area contributed by atoms with Crippen molar-refractivity contribution in [3.05, 3.63) is 18.2 Å². The molecule has 0 aliphatic rings. The Morgan fingerprint density at radius 2 is 1.62 bits per heavy atom. The number of nitrogens with one attached hydrogen (secondary N) is 4. The first-order valence-corrected chi connectivity index (χ1v) is 11.7. The topological polar surface area (TPSA) is 179 Å². The first-order valence-electron chi connectivity index (χ1n) is 11.7. The van der Waals surface area contributed by atoms with E-state index >= 15 is 0 Å². The fraction of sp³-hybridized carbons (Fsp3) is 0.696. The van der Waals surface area contributed by atoms with Gasteiger partial charge in [-0.2, -0.15) is 0 Å². The summed E-state index contributed by atoms with van der Waals surface area (Å²) in [6, 6.07) is -3.87. The van der Waals surface area contributed by atoms with Gasteiger partial charge >= 0.3 is 5.97 Å². The second kappa shape index (κ2) is 13.7. The number of carbonyl (C=O) groups excluding carboxylic acids is 3. The van der Waals surface area contributed by atoms with Gasteiger partial charge in [0.1, 0.15) is 18.1 Å². The van der Waals surface area contributed by atoms with E-state index in [-0.39, 0.29) is 24.2 Å². The lowest BCUT2D eigenvalue weighted by Crippen LogP contribution is -2.59. The van der Waals surface area contributed by atoms with Crippen LogP contribution in [0.2, 0.25) is 0 Å². The summed E-state index contributed by atoms with van der Waals surface area (Å²) in [6.45, 7) is 10.9. The van der Waals surface area contributed by atoms with Crippen molar-refractivity contribution in [2.45, 2.75) is 85.0 Å². The highest BCUT2D eigenvalue weighted by Gasteiger charge is 2.33. The van der Waals surface area contributed by atoms with E-state index in [0.29, 0.717) is 18.5 Å². The summed E-state index contributed by atoms with van der Waals surface area (Å²) in [7, 11) is 0. The van der Waals surface area contributed by atoms with Crippen molar-refractivity contribution in [2.24, 2.45) is 23.5 Å². The van der Waals surface area contributed by atoms with Crippen LogP contribution in [0.4, 0.5) is 0 Å². The molecule has 0 radical (unpaired) electrons. The molecule has 0 fully saturated rings. The Bertz CT molecular complexity index is 811. The summed E-state index contributed by atoms with van der Waals surface area (Å²) in [5.74, 6) is -3.21. The first-order chi connectivity index (χ1) is 15.9. The number of hydrogen-bond donors (Lipinski definition) is 6. The van der Waals surface area contributed by atoms with Gasteiger partial charge < -0.3 is 31.8 Å². The number of imidazole rings is 1. The summed E-state index contributed by atoms with van der Waals surface area (Å²) in [4.78, 5) is 57.2. The van der Waals surface area contributed by atoms with Gasteiger partial charge in [-0.25, -0.2) is 9.78 Å². The van der Waals surface area contributed by atoms with Gasteiger partial charge in [0, 0.05) is 18.3 Å². The fourth-order valence-electron chi connectivity index (χ4n) is 3.43. The van der Waals surface area contributed by atoms with Crippen molar-refractivity contribution < 1.29 is 24.3 Å². The van der Waals surface area contributed by atoms with Gasteiger partial charge in [0.05, 0.1) is 12.4 Å². The lowest BCUT2D eigenvalue weighted by Gasteiger charge is -2.28. The second-order valence-electron chi connectivity index (χ2n) is 9.52. The van der Waals surface area contributed by atoms with Crippen molar-refractivity contribution in [1.29, 1.82) is 0 Å². The maximum atomic E-state index is 13.2. The monoisotopic (exact) mass is 480 g/mol. The second-order valence-corrected chi connectivity index (χ2v) is 9.52. The van der Waals surface area contributed by atoms with Crippen LogP contribution in [-0.2, 0) is 25.6 Å². The summed E-state index contributed by atoms with van der Waals surface area (Å²) < 4.78 is 0. The predicted molar refractivity (Wildman–Crippen MR) is 127 cm³/mol. The zero-order chi connectivity index (χ0) is 26.0. The molecule has 5 unspecified atom stereocenters. The number of amides is 3. The van der Waals surface area contributed by atoms with Gasteiger partial charge in [-0.1, -0.05) is 48.0 Å². The minimum Gasteiger partial charge on any atom is -0.480 e. The number of aliphatic carboxylic acids is 1. The highest BCUT2D eigenvalue weighted by molar-refractivity contribution is 5.94. The van der Waals surface area contributed by atoms with Crippen molar-refractivity contribution in [3.8, 4) is 0 Å². The van der Waals surface area contributed by atoms with E-state index in [2.05, 4.69) is 25.9 Å². The van der Waals surface area contributed by atoms with E-state index in [1.165, 1.54) is 12.5 Å². The molecule has 0 saturated heterocycles. The van der Waals surface area contributed by atoms with Crippen LogP contribution in [0.5, 0.6) is 0 Å². The maximum Gasteiger partial charge on any atom is 0.326 e. The van der Waals surface area contributed by atoms with Gasteiger partial charge in [-0.05, 0) is 24.2 Å². The third-order valence-electron chi connectivity index (χ3n) is 5.70. The molecule has 1 aromatic rings. The van der Waals surface area contributed by atoms with Crippen LogP contribution in [0.1, 0.15) is 60.1 Å². The third-order valence-corrected chi connectivity index (χ3v) is 5.70. The number of aromatic nitrogens is 2. The van der Waals surface area contributed by atoms with Gasteiger partial charge in [0.25, 0.3) is 0 Å². The first kappa shape index (κ1) is 29.1. The summed E-state index contributed by atoms with van der Waals surface area (Å²) >= 11 is 0. The van der Waals surface area contributed by atoms with Crippen LogP contribution < -0.4 is 21.7 Å². The minimum atomic E-state index is -1.14. The van der Waals surface area contributed by atoms with E-state index in [9.17, 15) is 24.3 Å². The molecule has 1 rings (SSSR count). The van der Waals surface area contributed by atoms with E-state index < -0.39 is 47.9 Å². The molecule has 7 N–H and O–H groups in total. The Labute approximate surface area is 201 Å². The smallest absolute Gasteiger partial charge is 0.326 e. The third kappa shape index (κ3) is 9.12. The van der Waals surface area contributed by atoms with Crippen LogP contribution in [0, 0.1) is 17.8 Å². The number of H-pyrrole nitrogens is 1. The SMILES string of the molecule is CCC(C)C(NC(=O)C(NC(=O)C(Cc1cnc[nH]1)NC(=O)C(N)CC(C)C)C(C)C)C(=O)O. The molecule has 5 atom stereocenters. The molecule has 1 heterocycles. The Balaban J connectivity index is 3.03. The molecule has 0 aromatic carbocycles. The van der Waals surface area contributed by atoms with Crippen molar-refractivity contribution in [1.82, 2.24) is 25.9 Å². The molecule has 0 aliphatic heterocycles. The van der Waals surface area contributed by atoms with Gasteiger partial charge in [0.2, 0.25) is 17.7 Å². The van der Waals surface area contributed by atoms with Gasteiger partial charge in [-0.3, -0.25) is 14.4 Å². The number of rotatable bonds is 14. The van der Waals surface area contributed by atoms with Crippen molar-refractivity contribution >= 4 is 23.7 Å². The number of aromatic amines is 1. The number of nitrogens with zero attached hydrogens (tertiary/aromatic N) is 1. The predicted octanol–water partition coefficient (Wildman–Crippen LogP) is 0.567. The molecular formula is C23H40N6O5. The number of carbonyl (C=O) groups is 4. The van der Waals surface area contributed by atoms with Crippen LogP contribution in [0.25, 0.3) is 0 Å². The Morgan fingerprint density at radius 3 is 2.09 bits per heavy atom. The van der Waals surface area contributed by atoms with E-state index in [4.69, 9.17) is 5.73 Å². The zero-order valence-corrected chi connectivity index (χ0v) is 20.9. The Kier molecular flexibility index (Phi) is 11.7. The lowest BCUT2D eigenvalue weighted by molar-refractivity contribution is -0.144. The normalized spacial score (nSPS) is 15.8. The molecule has 0 saturated carbocycles. The van der Waals surface area contributed by atoms with E-state index in [1.54, 1.807) is 20.8 Å². The Hall–Kier alpha value is -2.95. The number of carboxylic acids is 1. The van der Waals surface area contributed by atoms with Crippen molar-refractivity contribution in [2.75, 3.05) is 0 Å². The highest BCUT2D eigenvalue weighted by atomic mass is 16.4. The maximum absolute atomic E-state index is 13.2. The summed E-state index contributed by atoms with van der Waals surface area (Å²) in [6.07, 6.45) is 4.12. The molecule has 1 aromatic heterocycles. The number of carboxylic acid groups (broad SMARTS) is 1. The molecule has 3 amide bonds. The standard InChI is InChI=1S/C23H40N6O5/c1-7-14(6)19(23(33)34)29-22(32)18(13(4)5)28-21(31)17(9-15-10-25-11-26-15)27-20(30)16(24)8-12(2)3/h10-14,16-19H,7-9,24H2,1-6H3,(H,25,26)(H,27,30)(H,28,31)(H,29,32)(H,33,34). The minimum absolute atomic E-state index is 0.114. The molecule has 11 heteroatoms. The summed E-state index contributed by atoms with van der Waals surface area (Å²) in [5, 5.41) is 17.4.